The zero-order valence-electron chi connectivity index (χ0n) is 19.9. The molecule has 1 aliphatic heterocycles. The molecule has 1 atom stereocenters. The Kier molecular flexibility index (Phi) is 7.07. The standard InChI is InChI=1S/C27H36BNO3/c1-27(2,3)21-10-8-19(9-11-21)24(25(30)29-23-14-12-22(28)13-15-23)16-18-4-6-20(7-5-18)26-31-17-32-26/h4-7,12-15,19,21,24,26H,8-11,16-17,28H2,1-3H3,(H,29,30). The van der Waals surface area contributed by atoms with Crippen molar-refractivity contribution >= 4 is 24.9 Å². The molecule has 2 aromatic carbocycles. The van der Waals surface area contributed by atoms with Crippen LogP contribution in [0.1, 0.15) is 63.9 Å². The van der Waals surface area contributed by atoms with Crippen molar-refractivity contribution in [2.45, 2.75) is 59.2 Å². The van der Waals surface area contributed by atoms with Gasteiger partial charge in [0, 0.05) is 17.2 Å². The number of carbonyl (C=O) groups excluding carboxylic acids is 1. The average molecular weight is 433 g/mol. The van der Waals surface area contributed by atoms with Gasteiger partial charge in [0.05, 0.1) is 0 Å². The average Bonchev–Trinajstić information content (AvgIpc) is 2.73. The number of benzene rings is 2. The number of nitrogens with one attached hydrogen (secondary N) is 1. The highest BCUT2D eigenvalue weighted by Crippen LogP contribution is 2.42. The van der Waals surface area contributed by atoms with Crippen molar-refractivity contribution in [3.63, 3.8) is 0 Å². The summed E-state index contributed by atoms with van der Waals surface area (Å²) < 4.78 is 10.8. The van der Waals surface area contributed by atoms with E-state index in [4.69, 9.17) is 9.47 Å². The molecule has 170 valence electrons. The number of hydrogen-bond donors (Lipinski definition) is 1. The van der Waals surface area contributed by atoms with Crippen LogP contribution < -0.4 is 10.8 Å². The largest absolute Gasteiger partial charge is 0.326 e. The Morgan fingerprint density at radius 3 is 2.16 bits per heavy atom. The van der Waals surface area contributed by atoms with Gasteiger partial charge in [-0.3, -0.25) is 4.79 Å². The van der Waals surface area contributed by atoms with Crippen molar-refractivity contribution in [1.29, 1.82) is 0 Å². The molecule has 1 aliphatic carbocycles. The van der Waals surface area contributed by atoms with Gasteiger partial charge >= 0.3 is 0 Å². The summed E-state index contributed by atoms with van der Waals surface area (Å²) in [6, 6.07) is 16.4. The number of anilines is 1. The van der Waals surface area contributed by atoms with Gasteiger partial charge in [-0.05, 0) is 67.1 Å². The molecule has 1 heterocycles. The molecule has 4 rings (SSSR count). The van der Waals surface area contributed by atoms with Crippen LogP contribution >= 0.6 is 0 Å². The summed E-state index contributed by atoms with van der Waals surface area (Å²) in [6.45, 7) is 7.40. The first-order valence-electron chi connectivity index (χ1n) is 12.0. The number of rotatable bonds is 6. The Morgan fingerprint density at radius 2 is 1.62 bits per heavy atom. The van der Waals surface area contributed by atoms with Gasteiger partial charge in [0.1, 0.15) is 7.85 Å². The van der Waals surface area contributed by atoms with E-state index in [2.05, 4.69) is 58.2 Å². The highest BCUT2D eigenvalue weighted by Gasteiger charge is 2.35. The second-order valence-electron chi connectivity index (χ2n) is 10.7. The number of hydrogen-bond acceptors (Lipinski definition) is 3. The highest BCUT2D eigenvalue weighted by molar-refractivity contribution is 6.32. The lowest BCUT2D eigenvalue weighted by molar-refractivity contribution is -0.326. The first kappa shape index (κ1) is 23.1. The number of amides is 1. The van der Waals surface area contributed by atoms with E-state index in [9.17, 15) is 4.79 Å². The van der Waals surface area contributed by atoms with Crippen LogP contribution in [-0.4, -0.2) is 20.5 Å². The van der Waals surface area contributed by atoms with Crippen LogP contribution in [0.3, 0.4) is 0 Å². The molecule has 1 saturated carbocycles. The molecule has 5 heteroatoms. The maximum Gasteiger partial charge on any atom is 0.228 e. The quantitative estimate of drug-likeness (QED) is 0.678. The van der Waals surface area contributed by atoms with E-state index in [1.165, 1.54) is 23.9 Å². The Morgan fingerprint density at radius 1 is 1.00 bits per heavy atom. The van der Waals surface area contributed by atoms with E-state index in [1.807, 2.05) is 24.3 Å². The summed E-state index contributed by atoms with van der Waals surface area (Å²) >= 11 is 0. The molecule has 1 amide bonds. The third kappa shape index (κ3) is 5.62. The van der Waals surface area contributed by atoms with Gasteiger partial charge in [-0.15, -0.1) is 0 Å². The molecule has 0 spiro atoms. The van der Waals surface area contributed by atoms with Gasteiger partial charge in [0.15, 0.2) is 13.1 Å². The molecule has 1 saturated heterocycles. The zero-order chi connectivity index (χ0) is 22.7. The lowest BCUT2D eigenvalue weighted by Crippen LogP contribution is -2.35. The summed E-state index contributed by atoms with van der Waals surface area (Å²) in [7, 11) is 2.06. The van der Waals surface area contributed by atoms with Crippen LogP contribution in [0, 0.1) is 23.2 Å². The molecule has 2 fully saturated rings. The molecule has 1 unspecified atom stereocenters. The summed E-state index contributed by atoms with van der Waals surface area (Å²) in [6.07, 6.45) is 5.17. The Bertz CT molecular complexity index is 892. The number of ether oxygens (including phenoxy) is 2. The maximum absolute atomic E-state index is 13.5. The van der Waals surface area contributed by atoms with Gasteiger partial charge < -0.3 is 14.8 Å². The molecular weight excluding hydrogens is 397 g/mol. The van der Waals surface area contributed by atoms with E-state index >= 15 is 0 Å². The fraction of sp³-hybridized carbons (Fsp3) is 0.519. The van der Waals surface area contributed by atoms with Gasteiger partial charge in [-0.25, -0.2) is 0 Å². The lowest BCUT2D eigenvalue weighted by atomic mass is 9.66. The fourth-order valence-electron chi connectivity index (χ4n) is 5.13. The number of carbonyl (C=O) groups is 1. The van der Waals surface area contributed by atoms with Gasteiger partial charge in [-0.2, -0.15) is 0 Å². The molecule has 32 heavy (non-hydrogen) atoms. The smallest absolute Gasteiger partial charge is 0.228 e. The molecule has 2 aliphatic rings. The second kappa shape index (κ2) is 9.80. The summed E-state index contributed by atoms with van der Waals surface area (Å²) in [5, 5.41) is 3.20. The molecule has 0 bridgehead atoms. The van der Waals surface area contributed by atoms with Crippen molar-refractivity contribution in [2.24, 2.45) is 23.2 Å². The Hall–Kier alpha value is -2.11. The molecule has 0 radical (unpaired) electrons. The molecule has 2 aromatic rings. The minimum atomic E-state index is -0.239. The van der Waals surface area contributed by atoms with E-state index in [1.54, 1.807) is 0 Å². The van der Waals surface area contributed by atoms with E-state index in [0.717, 1.165) is 36.4 Å². The SMILES string of the molecule is Bc1ccc(NC(=O)C(Cc2ccc(C3OCO3)cc2)C2CCC(C(C)(C)C)CC2)cc1. The molecular formula is C27H36BNO3. The van der Waals surface area contributed by atoms with Crippen LogP contribution in [0.25, 0.3) is 0 Å². The van der Waals surface area contributed by atoms with E-state index in [0.29, 0.717) is 18.1 Å². The first-order valence-corrected chi connectivity index (χ1v) is 12.0. The van der Waals surface area contributed by atoms with Crippen molar-refractivity contribution in [1.82, 2.24) is 0 Å². The minimum Gasteiger partial charge on any atom is -0.326 e. The zero-order valence-corrected chi connectivity index (χ0v) is 19.9. The predicted octanol–water partition coefficient (Wildman–Crippen LogP) is 4.60. The van der Waals surface area contributed by atoms with Crippen molar-refractivity contribution < 1.29 is 14.3 Å². The van der Waals surface area contributed by atoms with Crippen molar-refractivity contribution in [2.75, 3.05) is 12.1 Å². The summed E-state index contributed by atoms with van der Waals surface area (Å²) in [4.78, 5) is 13.5. The maximum atomic E-state index is 13.5. The summed E-state index contributed by atoms with van der Waals surface area (Å²) in [5.74, 6) is 1.26. The van der Waals surface area contributed by atoms with Crippen LogP contribution in [0.4, 0.5) is 5.69 Å². The summed E-state index contributed by atoms with van der Waals surface area (Å²) in [5.41, 5.74) is 4.64. The van der Waals surface area contributed by atoms with Gasteiger partial charge in [0.2, 0.25) is 5.91 Å². The lowest BCUT2D eigenvalue weighted by Gasteiger charge is -2.39. The van der Waals surface area contributed by atoms with Crippen LogP contribution in [0.5, 0.6) is 0 Å². The Labute approximate surface area is 193 Å². The molecule has 1 N–H and O–H groups in total. The fourth-order valence-corrected chi connectivity index (χ4v) is 5.13. The normalized spacial score (nSPS) is 22.7. The monoisotopic (exact) mass is 433 g/mol. The Balaban J connectivity index is 1.48. The van der Waals surface area contributed by atoms with Crippen LogP contribution in [0.15, 0.2) is 48.5 Å². The first-order chi connectivity index (χ1) is 15.3. The van der Waals surface area contributed by atoms with Crippen molar-refractivity contribution in [3.8, 4) is 0 Å². The minimum absolute atomic E-state index is 0.0284. The highest BCUT2D eigenvalue weighted by atomic mass is 16.8. The van der Waals surface area contributed by atoms with Crippen molar-refractivity contribution in [3.05, 3.63) is 59.7 Å². The molecule has 4 nitrogen and oxygen atoms in total. The third-order valence-electron chi connectivity index (χ3n) is 7.37. The second-order valence-corrected chi connectivity index (χ2v) is 10.7. The van der Waals surface area contributed by atoms with Gasteiger partial charge in [-0.1, -0.05) is 62.6 Å². The van der Waals surface area contributed by atoms with E-state index in [-0.39, 0.29) is 18.1 Å². The predicted molar refractivity (Wildman–Crippen MR) is 132 cm³/mol. The van der Waals surface area contributed by atoms with Gasteiger partial charge in [0.25, 0.3) is 0 Å². The topological polar surface area (TPSA) is 47.6 Å². The van der Waals surface area contributed by atoms with Crippen LogP contribution in [-0.2, 0) is 20.7 Å². The molecule has 0 aromatic heterocycles. The van der Waals surface area contributed by atoms with Crippen LogP contribution in [0.2, 0.25) is 0 Å². The van der Waals surface area contributed by atoms with E-state index < -0.39 is 0 Å². The third-order valence-corrected chi connectivity index (χ3v) is 7.37.